The summed E-state index contributed by atoms with van der Waals surface area (Å²) < 4.78 is 183. The SMILES string of the molecule is Cc1ccc([P+](CCC[n+]2ccc(-c3cc[n+](CCC[P+](c4ccc(S(=O)(=O)[O-])cc4)(c4ccc(S(=O)(=O)[O-])cc4)c4ccc(S(=O)(=O)[O-])cc4)cc3)cc2)(c2ccc(S(=O)(=O)[O-])cc2)c2ccc(S(=O)(=O)[O-])cc2)cc1. The molecule has 0 fully saturated rings. The van der Waals surface area contributed by atoms with E-state index in [4.69, 9.17) is 0 Å². The van der Waals surface area contributed by atoms with E-state index in [0.717, 1.165) is 69.0 Å². The summed E-state index contributed by atoms with van der Waals surface area (Å²) in [7, 11) is -29.8. The van der Waals surface area contributed by atoms with E-state index in [2.05, 4.69) is 0 Å². The van der Waals surface area contributed by atoms with Gasteiger partial charge in [-0.05, 0) is 152 Å². The van der Waals surface area contributed by atoms with Crippen molar-refractivity contribution in [1.82, 2.24) is 0 Å². The highest BCUT2D eigenvalue weighted by Crippen LogP contribution is 2.57. The Hall–Kier alpha value is -5.97. The first kappa shape index (κ1) is 57.2. The molecular weight excluding hydrogens is 1130 g/mol. The second-order valence-electron chi connectivity index (χ2n) is 18.0. The molecule has 0 atom stereocenters. The van der Waals surface area contributed by atoms with Gasteiger partial charge in [-0.3, -0.25) is 0 Å². The zero-order valence-electron chi connectivity index (χ0n) is 40.7. The Morgan fingerprint density at radius 2 is 0.506 bits per heavy atom. The number of nitrogens with zero attached hydrogens (tertiary/aromatic N) is 2. The van der Waals surface area contributed by atoms with Gasteiger partial charge in [0.15, 0.2) is 37.9 Å². The lowest BCUT2D eigenvalue weighted by molar-refractivity contribution is -0.697. The smallest absolute Gasteiger partial charge is 0.169 e. The molecule has 77 heavy (non-hydrogen) atoms. The van der Waals surface area contributed by atoms with Crippen molar-refractivity contribution < 1.29 is 74.0 Å². The summed E-state index contributed by atoms with van der Waals surface area (Å²) in [6, 6.07) is 43.1. The zero-order valence-corrected chi connectivity index (χ0v) is 46.5. The van der Waals surface area contributed by atoms with Crippen LogP contribution in [0.25, 0.3) is 11.1 Å². The predicted octanol–water partition coefficient (Wildman–Crippen LogP) is 3.53. The average Bonchev–Trinajstić information content (AvgIpc) is 3.40. The normalized spacial score (nSPS) is 12.9. The van der Waals surface area contributed by atoms with E-state index in [1.807, 2.05) is 89.4 Å². The van der Waals surface area contributed by atoms with Gasteiger partial charge in [-0.25, -0.2) is 51.2 Å². The van der Waals surface area contributed by atoms with Gasteiger partial charge in [-0.1, -0.05) is 17.7 Å². The Morgan fingerprint density at radius 1 is 0.312 bits per heavy atom. The van der Waals surface area contributed by atoms with Gasteiger partial charge < -0.3 is 22.8 Å². The summed E-state index contributed by atoms with van der Waals surface area (Å²) in [5.74, 6) is 0. The van der Waals surface area contributed by atoms with E-state index in [-0.39, 0.29) is 0 Å². The van der Waals surface area contributed by atoms with E-state index >= 15 is 0 Å². The van der Waals surface area contributed by atoms with Gasteiger partial charge in [-0.2, -0.15) is 0 Å². The van der Waals surface area contributed by atoms with Gasteiger partial charge in [0.2, 0.25) is 0 Å². The third-order valence-corrected chi connectivity index (χ3v) is 26.5. The number of hydrogen-bond acceptors (Lipinski definition) is 15. The minimum Gasteiger partial charge on any atom is -0.744 e. The molecule has 2 aromatic heterocycles. The molecule has 0 spiro atoms. The van der Waals surface area contributed by atoms with Crippen molar-refractivity contribution >= 4 is 96.9 Å². The second kappa shape index (κ2) is 22.4. The molecule has 0 saturated heterocycles. The molecule has 6 aromatic carbocycles. The van der Waals surface area contributed by atoms with Crippen LogP contribution < -0.4 is 41.0 Å². The molecular formula is C53H47N2O15P2S5-. The van der Waals surface area contributed by atoms with Crippen LogP contribution in [0.5, 0.6) is 0 Å². The molecule has 24 heteroatoms. The third-order valence-electron chi connectivity index (χ3n) is 13.2. The van der Waals surface area contributed by atoms with Gasteiger partial charge in [-0.15, -0.1) is 0 Å². The minimum atomic E-state index is -4.85. The highest BCUT2D eigenvalue weighted by molar-refractivity contribution is 7.96. The van der Waals surface area contributed by atoms with E-state index in [9.17, 15) is 64.9 Å². The number of pyridine rings is 2. The molecule has 2 heterocycles. The summed E-state index contributed by atoms with van der Waals surface area (Å²) >= 11 is 0. The molecule has 8 rings (SSSR count). The van der Waals surface area contributed by atoms with Crippen LogP contribution >= 0.6 is 14.5 Å². The first-order valence-electron chi connectivity index (χ1n) is 23.3. The molecule has 0 aliphatic carbocycles. The number of rotatable bonds is 20. The van der Waals surface area contributed by atoms with Gasteiger partial charge >= 0.3 is 0 Å². The first-order chi connectivity index (χ1) is 36.2. The Bertz CT molecular complexity index is 3750. The second-order valence-corrected chi connectivity index (χ2v) is 32.1. The number of benzene rings is 6. The highest BCUT2D eigenvalue weighted by atomic mass is 32.2. The van der Waals surface area contributed by atoms with Gasteiger partial charge in [0.1, 0.15) is 96.9 Å². The molecule has 0 bridgehead atoms. The van der Waals surface area contributed by atoms with Crippen molar-refractivity contribution in [2.75, 3.05) is 12.3 Å². The van der Waals surface area contributed by atoms with Crippen LogP contribution in [-0.2, 0) is 63.7 Å². The van der Waals surface area contributed by atoms with Crippen LogP contribution in [0.15, 0.2) is 219 Å². The fraction of sp³-hybridized carbons (Fsp3) is 0.132. The molecule has 0 aliphatic heterocycles. The van der Waals surface area contributed by atoms with Gasteiger partial charge in [0.25, 0.3) is 0 Å². The van der Waals surface area contributed by atoms with Gasteiger partial charge in [0.05, 0.1) is 36.8 Å². The maximum Gasteiger partial charge on any atom is 0.169 e. The first-order valence-corrected chi connectivity index (χ1v) is 34.3. The summed E-state index contributed by atoms with van der Waals surface area (Å²) in [5.41, 5.74) is 2.79. The van der Waals surface area contributed by atoms with E-state index in [1.54, 1.807) is 24.3 Å². The topological polar surface area (TPSA) is 294 Å². The van der Waals surface area contributed by atoms with Crippen LogP contribution in [0.3, 0.4) is 0 Å². The maximum absolute atomic E-state index is 11.9. The lowest BCUT2D eigenvalue weighted by Crippen LogP contribution is -2.37. The standard InChI is InChI=1S/C53H48N2O15P2S5/c1-40-4-6-43(7-5-40)71(44-8-18-49(19-9-44)73(56,57)58,45-10-20-50(21-11-45)74(59,60)61)38-2-32-54-34-28-41(29-35-54)42-30-36-55(37-31-42)33-3-39-72(46-12-22-51(23-13-46)75(62,63)64,47-14-24-52(25-15-47)76(65,66)67)48-16-26-53(27-17-48)77(68,69)70/h4-31,34-37H,2-3,32-33,38-39H2,1H3,(H-4,56,57,58,59,60,61,62,63,64,65,66,67,68,69,70)/p-1. The Morgan fingerprint density at radius 3 is 0.701 bits per heavy atom. The Labute approximate surface area is 449 Å². The molecule has 8 aromatic rings. The quantitative estimate of drug-likeness (QED) is 0.0599. The minimum absolute atomic E-state index is 0.334. The number of aryl methyl sites for hydroxylation is 3. The van der Waals surface area contributed by atoms with Crippen LogP contribution in [0.4, 0.5) is 0 Å². The summed E-state index contributed by atoms with van der Waals surface area (Å²) in [6.45, 7) is 2.91. The van der Waals surface area contributed by atoms with Crippen molar-refractivity contribution in [2.45, 2.75) is 57.3 Å². The Kier molecular flexibility index (Phi) is 16.7. The van der Waals surface area contributed by atoms with Crippen molar-refractivity contribution in [3.63, 3.8) is 0 Å². The lowest BCUT2D eigenvalue weighted by atomic mass is 10.1. The Balaban J connectivity index is 1.04. The van der Waals surface area contributed by atoms with Crippen molar-refractivity contribution in [1.29, 1.82) is 0 Å². The van der Waals surface area contributed by atoms with Crippen molar-refractivity contribution in [3.05, 3.63) is 200 Å². The van der Waals surface area contributed by atoms with Crippen LogP contribution in [0.1, 0.15) is 18.4 Å². The van der Waals surface area contributed by atoms with E-state index in [1.165, 1.54) is 60.7 Å². The molecule has 0 radical (unpaired) electrons. The monoisotopic (exact) mass is 1170 g/mol. The zero-order chi connectivity index (χ0) is 55.6. The average molecular weight is 1170 g/mol. The van der Waals surface area contributed by atoms with Crippen LogP contribution in [0.2, 0.25) is 0 Å². The van der Waals surface area contributed by atoms with Crippen molar-refractivity contribution in [2.24, 2.45) is 0 Å². The molecule has 400 valence electrons. The van der Waals surface area contributed by atoms with E-state index < -0.39 is 89.6 Å². The fourth-order valence-corrected chi connectivity index (χ4v) is 20.2. The number of aromatic nitrogens is 2. The predicted molar refractivity (Wildman–Crippen MR) is 286 cm³/mol. The van der Waals surface area contributed by atoms with Crippen molar-refractivity contribution in [3.8, 4) is 11.1 Å². The van der Waals surface area contributed by atoms with Gasteiger partial charge in [0, 0.05) is 37.1 Å². The largest absolute Gasteiger partial charge is 0.744 e. The van der Waals surface area contributed by atoms with Crippen LogP contribution in [-0.4, -0.2) is 77.2 Å². The summed E-state index contributed by atoms with van der Waals surface area (Å²) in [4.78, 5) is -2.25. The summed E-state index contributed by atoms with van der Waals surface area (Å²) in [6.07, 6.45) is 9.56. The fourth-order valence-electron chi connectivity index (χ4n) is 9.38. The lowest BCUT2D eigenvalue weighted by Gasteiger charge is -2.28. The molecule has 0 N–H and O–H groups in total. The molecule has 0 unspecified atom stereocenters. The molecule has 17 nitrogen and oxygen atoms in total. The molecule has 0 saturated carbocycles. The maximum atomic E-state index is 11.9. The highest BCUT2D eigenvalue weighted by Gasteiger charge is 2.47. The molecule has 0 amide bonds. The summed E-state index contributed by atoms with van der Waals surface area (Å²) in [5, 5.41) is 4.06. The third kappa shape index (κ3) is 13.0. The van der Waals surface area contributed by atoms with Crippen LogP contribution in [0, 0.1) is 6.92 Å². The van der Waals surface area contributed by atoms with E-state index in [0.29, 0.717) is 54.2 Å². The molecule has 0 aliphatic rings. The number of hydrogen-bond donors (Lipinski definition) is 0.